The van der Waals surface area contributed by atoms with Crippen LogP contribution in [0.15, 0.2) is 11.6 Å². The van der Waals surface area contributed by atoms with Gasteiger partial charge in [0, 0.05) is 13.1 Å². The van der Waals surface area contributed by atoms with Crippen LogP contribution in [0.25, 0.3) is 0 Å². The zero-order valence-electron chi connectivity index (χ0n) is 16.9. The predicted octanol–water partition coefficient (Wildman–Crippen LogP) is 5.45. The average molecular weight is 313 g/mol. The second-order valence-corrected chi connectivity index (χ2v) is 5.81. The maximum Gasteiger partial charge on any atom is 0.0165 e. The Morgan fingerprint density at radius 3 is 1.77 bits per heavy atom. The second kappa shape index (κ2) is 17.0. The molecule has 0 aromatic carbocycles. The molecule has 0 unspecified atom stereocenters. The maximum atomic E-state index is 2.53. The smallest absolute Gasteiger partial charge is 0.0165 e. The van der Waals surface area contributed by atoms with Gasteiger partial charge in [-0.25, -0.2) is 0 Å². The summed E-state index contributed by atoms with van der Waals surface area (Å²) in [5.41, 5.74) is 1.56. The summed E-state index contributed by atoms with van der Waals surface area (Å²) in [5, 5.41) is 0. The van der Waals surface area contributed by atoms with E-state index in [-0.39, 0.29) is 0 Å². The molecule has 1 fully saturated rings. The Kier molecular flexibility index (Phi) is 18.5. The summed E-state index contributed by atoms with van der Waals surface area (Å²) < 4.78 is 0. The van der Waals surface area contributed by atoms with Gasteiger partial charge in [-0.1, -0.05) is 60.1 Å². The lowest BCUT2D eigenvalue weighted by atomic mass is 9.99. The minimum Gasteiger partial charge on any atom is -0.304 e. The standard InChI is InChI=1S/C8H17N.C8H15N.2C2H6/c2*1-3-9-6-4-8(2)5-7-9;2*1-2/h8H,3-7H2,1-2H3;4H,3,5-7H2,1-2H3;2*1-2H3. The van der Waals surface area contributed by atoms with Crippen molar-refractivity contribution in [3.63, 3.8) is 0 Å². The van der Waals surface area contributed by atoms with Gasteiger partial charge in [-0.05, 0) is 58.3 Å². The van der Waals surface area contributed by atoms with Crippen molar-refractivity contribution in [2.75, 3.05) is 39.3 Å². The average Bonchev–Trinajstić information content (AvgIpc) is 2.60. The minimum absolute atomic E-state index is 0.979. The number of hydrogen-bond donors (Lipinski definition) is 0. The Morgan fingerprint density at radius 1 is 0.909 bits per heavy atom. The highest BCUT2D eigenvalue weighted by atomic mass is 15.1. The van der Waals surface area contributed by atoms with Crippen LogP contribution in [0.1, 0.15) is 74.7 Å². The Labute approximate surface area is 142 Å². The van der Waals surface area contributed by atoms with Gasteiger partial charge in [-0.3, -0.25) is 4.90 Å². The fourth-order valence-electron chi connectivity index (χ4n) is 2.48. The van der Waals surface area contributed by atoms with Crippen LogP contribution in [0, 0.1) is 5.92 Å². The largest absolute Gasteiger partial charge is 0.304 e. The van der Waals surface area contributed by atoms with Gasteiger partial charge in [0.05, 0.1) is 0 Å². The molecule has 0 bridgehead atoms. The molecule has 0 saturated carbocycles. The van der Waals surface area contributed by atoms with Gasteiger partial charge in [-0.15, -0.1) is 0 Å². The molecule has 0 aromatic rings. The molecule has 2 nitrogen and oxygen atoms in total. The van der Waals surface area contributed by atoms with E-state index in [1.807, 2.05) is 27.7 Å². The number of likely N-dealkylation sites (tertiary alicyclic amines) is 1. The Morgan fingerprint density at radius 2 is 1.41 bits per heavy atom. The summed E-state index contributed by atoms with van der Waals surface area (Å²) >= 11 is 0. The summed E-state index contributed by atoms with van der Waals surface area (Å²) in [7, 11) is 0. The first-order chi connectivity index (χ1) is 10.7. The van der Waals surface area contributed by atoms with E-state index in [4.69, 9.17) is 0 Å². The van der Waals surface area contributed by atoms with E-state index in [1.54, 1.807) is 5.57 Å². The van der Waals surface area contributed by atoms with Crippen LogP contribution in [0.3, 0.4) is 0 Å². The summed E-state index contributed by atoms with van der Waals surface area (Å²) in [4.78, 5) is 4.98. The molecule has 2 rings (SSSR count). The molecule has 0 radical (unpaired) electrons. The van der Waals surface area contributed by atoms with E-state index in [2.05, 4.69) is 43.6 Å². The normalized spacial score (nSPS) is 19.5. The monoisotopic (exact) mass is 312 g/mol. The zero-order valence-corrected chi connectivity index (χ0v) is 16.9. The molecular weight excluding hydrogens is 268 g/mol. The number of likely N-dealkylation sites (N-methyl/N-ethyl adjacent to an activating group) is 1. The lowest BCUT2D eigenvalue weighted by molar-refractivity contribution is 0.201. The van der Waals surface area contributed by atoms with Crippen LogP contribution in [0.2, 0.25) is 0 Å². The maximum absolute atomic E-state index is 2.53. The van der Waals surface area contributed by atoms with Gasteiger partial charge in [0.2, 0.25) is 0 Å². The van der Waals surface area contributed by atoms with Gasteiger partial charge < -0.3 is 4.90 Å². The third-order valence-corrected chi connectivity index (χ3v) is 4.29. The van der Waals surface area contributed by atoms with Gasteiger partial charge in [-0.2, -0.15) is 0 Å². The molecule has 0 aliphatic carbocycles. The first kappa shape index (κ1) is 23.9. The van der Waals surface area contributed by atoms with Gasteiger partial charge in [0.1, 0.15) is 0 Å². The van der Waals surface area contributed by atoms with Gasteiger partial charge >= 0.3 is 0 Å². The third-order valence-electron chi connectivity index (χ3n) is 4.29. The number of nitrogens with zero attached hydrogens (tertiary/aromatic N) is 2. The Bertz CT molecular complexity index is 240. The molecular formula is C20H44N2. The number of hydrogen-bond acceptors (Lipinski definition) is 2. The van der Waals surface area contributed by atoms with Crippen molar-refractivity contribution < 1.29 is 0 Å². The molecule has 2 heterocycles. The van der Waals surface area contributed by atoms with E-state index in [9.17, 15) is 0 Å². The predicted molar refractivity (Wildman–Crippen MR) is 104 cm³/mol. The summed E-state index contributed by atoms with van der Waals surface area (Å²) in [6, 6.07) is 0. The molecule has 0 spiro atoms. The van der Waals surface area contributed by atoms with Crippen molar-refractivity contribution in [3.8, 4) is 0 Å². The zero-order chi connectivity index (χ0) is 17.4. The molecule has 2 aliphatic rings. The second-order valence-electron chi connectivity index (χ2n) is 5.81. The minimum atomic E-state index is 0.979. The molecule has 0 atom stereocenters. The fraction of sp³-hybridized carbons (Fsp3) is 0.900. The molecule has 2 aliphatic heterocycles. The van der Waals surface area contributed by atoms with Crippen LogP contribution in [-0.4, -0.2) is 49.1 Å². The van der Waals surface area contributed by atoms with E-state index in [0.29, 0.717) is 0 Å². The van der Waals surface area contributed by atoms with Gasteiger partial charge in [0.15, 0.2) is 0 Å². The van der Waals surface area contributed by atoms with Crippen LogP contribution >= 0.6 is 0 Å². The van der Waals surface area contributed by atoms with Gasteiger partial charge in [0.25, 0.3) is 0 Å². The van der Waals surface area contributed by atoms with E-state index >= 15 is 0 Å². The van der Waals surface area contributed by atoms with E-state index in [1.165, 1.54) is 58.5 Å². The number of piperidine rings is 1. The van der Waals surface area contributed by atoms with E-state index < -0.39 is 0 Å². The topological polar surface area (TPSA) is 6.48 Å². The summed E-state index contributed by atoms with van der Waals surface area (Å²) in [6.07, 6.45) is 6.42. The van der Waals surface area contributed by atoms with E-state index in [0.717, 1.165) is 5.92 Å². The van der Waals surface area contributed by atoms with Crippen molar-refractivity contribution in [2.24, 2.45) is 5.92 Å². The van der Waals surface area contributed by atoms with Crippen molar-refractivity contribution in [1.29, 1.82) is 0 Å². The number of rotatable bonds is 2. The van der Waals surface area contributed by atoms with Crippen molar-refractivity contribution in [1.82, 2.24) is 9.80 Å². The van der Waals surface area contributed by atoms with Crippen molar-refractivity contribution in [2.45, 2.75) is 74.7 Å². The van der Waals surface area contributed by atoms with Crippen LogP contribution in [0.5, 0.6) is 0 Å². The highest BCUT2D eigenvalue weighted by Crippen LogP contribution is 2.14. The first-order valence-corrected chi connectivity index (χ1v) is 9.76. The van der Waals surface area contributed by atoms with Crippen molar-refractivity contribution in [3.05, 3.63) is 11.6 Å². The molecule has 134 valence electrons. The fourth-order valence-corrected chi connectivity index (χ4v) is 2.48. The lowest BCUT2D eigenvalue weighted by Gasteiger charge is -2.28. The summed E-state index contributed by atoms with van der Waals surface area (Å²) in [6.45, 7) is 24.6. The molecule has 22 heavy (non-hydrogen) atoms. The van der Waals surface area contributed by atoms with Crippen LogP contribution in [-0.2, 0) is 0 Å². The molecule has 0 amide bonds. The SMILES string of the molecule is CC.CC.CCN1CC=C(C)CC1.CCN1CCC(C)CC1. The highest BCUT2D eigenvalue weighted by Gasteiger charge is 2.12. The van der Waals surface area contributed by atoms with Crippen LogP contribution < -0.4 is 0 Å². The third kappa shape index (κ3) is 12.2. The molecule has 0 aromatic heterocycles. The van der Waals surface area contributed by atoms with Crippen LogP contribution in [0.4, 0.5) is 0 Å². The molecule has 2 heteroatoms. The Balaban J connectivity index is 0. The first-order valence-electron chi connectivity index (χ1n) is 9.76. The quantitative estimate of drug-likeness (QED) is 0.626. The lowest BCUT2D eigenvalue weighted by Crippen LogP contribution is -2.32. The molecule has 1 saturated heterocycles. The Hall–Kier alpha value is -0.340. The molecule has 0 N–H and O–H groups in total. The highest BCUT2D eigenvalue weighted by molar-refractivity contribution is 5.03. The van der Waals surface area contributed by atoms with Crippen molar-refractivity contribution >= 4 is 0 Å². The summed E-state index contributed by atoms with van der Waals surface area (Å²) in [5.74, 6) is 0.979.